The Morgan fingerprint density at radius 2 is 1.93 bits per heavy atom. The Morgan fingerprint density at radius 1 is 1.22 bits per heavy atom. The van der Waals surface area contributed by atoms with Crippen LogP contribution in [0.15, 0.2) is 36.4 Å². The summed E-state index contributed by atoms with van der Waals surface area (Å²) in [7, 11) is 0. The highest BCUT2D eigenvalue weighted by Crippen LogP contribution is 2.30. The number of rotatable bonds is 6. The summed E-state index contributed by atoms with van der Waals surface area (Å²) in [5.74, 6) is -0.476. The lowest BCUT2D eigenvalue weighted by Crippen LogP contribution is -2.38. The maximum absolute atomic E-state index is 12.4. The molecular weight excluding hydrogens is 362 g/mol. The van der Waals surface area contributed by atoms with Crippen LogP contribution in [0.3, 0.4) is 0 Å². The van der Waals surface area contributed by atoms with Crippen molar-refractivity contribution in [2.24, 2.45) is 5.92 Å². The predicted molar refractivity (Wildman–Crippen MR) is 106 cm³/mol. The topological polar surface area (TPSA) is 73.2 Å². The third-order valence-electron chi connectivity index (χ3n) is 4.47. The van der Waals surface area contributed by atoms with E-state index >= 15 is 0 Å². The lowest BCUT2D eigenvalue weighted by molar-refractivity contribution is -0.125. The Labute approximate surface area is 162 Å². The average Bonchev–Trinajstić information content (AvgIpc) is 3.21. The van der Waals surface area contributed by atoms with Gasteiger partial charge in [0.05, 0.1) is 11.4 Å². The summed E-state index contributed by atoms with van der Waals surface area (Å²) in [6.07, 6.45) is 0. The van der Waals surface area contributed by atoms with E-state index in [2.05, 4.69) is 10.4 Å². The first-order valence-corrected chi connectivity index (χ1v) is 9.69. The van der Waals surface area contributed by atoms with Gasteiger partial charge in [-0.15, -0.1) is 11.3 Å². The van der Waals surface area contributed by atoms with E-state index in [4.69, 9.17) is 4.74 Å². The Bertz CT molecular complexity index is 960. The van der Waals surface area contributed by atoms with Gasteiger partial charge < -0.3 is 10.1 Å². The maximum atomic E-state index is 12.4. The standard InChI is InChI=1S/C20H23N3O3S/c1-12(2)13(3)21-18(24)11-26-20(25)17-10-16-14(4)22-23(19(16)27-17)15-8-6-5-7-9-15/h5-10,12-13H,11H2,1-4H3,(H,21,24)/t13-/m0/s1. The van der Waals surface area contributed by atoms with Gasteiger partial charge in [0, 0.05) is 11.4 Å². The molecule has 7 heteroatoms. The molecule has 0 aliphatic heterocycles. The number of amides is 1. The summed E-state index contributed by atoms with van der Waals surface area (Å²) in [5, 5.41) is 8.29. The number of thiophene rings is 1. The number of nitrogens with one attached hydrogen (secondary N) is 1. The molecule has 2 heterocycles. The summed E-state index contributed by atoms with van der Waals surface area (Å²) >= 11 is 1.31. The van der Waals surface area contributed by atoms with Crippen molar-refractivity contribution < 1.29 is 14.3 Å². The first-order chi connectivity index (χ1) is 12.9. The Balaban J connectivity index is 1.74. The number of fused-ring (bicyclic) bond motifs is 1. The molecule has 6 nitrogen and oxygen atoms in total. The van der Waals surface area contributed by atoms with Crippen LogP contribution in [-0.2, 0) is 9.53 Å². The number of para-hydroxylation sites is 1. The van der Waals surface area contributed by atoms with E-state index in [0.29, 0.717) is 10.8 Å². The quantitative estimate of drug-likeness (QED) is 0.657. The van der Waals surface area contributed by atoms with Gasteiger partial charge in [-0.05, 0) is 38.0 Å². The number of carbonyl (C=O) groups is 2. The molecule has 3 rings (SSSR count). The monoisotopic (exact) mass is 385 g/mol. The van der Waals surface area contributed by atoms with E-state index < -0.39 is 5.97 Å². The normalized spacial score (nSPS) is 12.3. The second-order valence-electron chi connectivity index (χ2n) is 6.84. The lowest BCUT2D eigenvalue weighted by Gasteiger charge is -2.17. The molecule has 0 radical (unpaired) electrons. The molecule has 0 fully saturated rings. The molecule has 1 aromatic carbocycles. The summed E-state index contributed by atoms with van der Waals surface area (Å²) in [5.41, 5.74) is 1.77. The molecule has 1 atom stereocenters. The molecule has 0 saturated carbocycles. The van der Waals surface area contributed by atoms with Gasteiger partial charge in [-0.25, -0.2) is 9.48 Å². The summed E-state index contributed by atoms with van der Waals surface area (Å²) in [4.78, 5) is 25.6. The molecule has 1 N–H and O–H groups in total. The largest absolute Gasteiger partial charge is 0.451 e. The minimum Gasteiger partial charge on any atom is -0.451 e. The van der Waals surface area contributed by atoms with E-state index in [1.165, 1.54) is 11.3 Å². The van der Waals surface area contributed by atoms with Crippen LogP contribution in [0.25, 0.3) is 15.9 Å². The van der Waals surface area contributed by atoms with Crippen LogP contribution >= 0.6 is 11.3 Å². The van der Waals surface area contributed by atoms with Crippen molar-refractivity contribution in [2.45, 2.75) is 33.7 Å². The second-order valence-corrected chi connectivity index (χ2v) is 7.87. The van der Waals surface area contributed by atoms with Crippen LogP contribution in [0.1, 0.15) is 36.1 Å². The van der Waals surface area contributed by atoms with Crippen molar-refractivity contribution in [2.75, 3.05) is 6.61 Å². The zero-order valence-electron chi connectivity index (χ0n) is 15.9. The minimum atomic E-state index is -0.498. The lowest BCUT2D eigenvalue weighted by atomic mass is 10.1. The molecule has 2 aromatic heterocycles. The van der Waals surface area contributed by atoms with E-state index in [-0.39, 0.29) is 18.6 Å². The van der Waals surface area contributed by atoms with Crippen molar-refractivity contribution in [3.8, 4) is 5.69 Å². The van der Waals surface area contributed by atoms with E-state index in [0.717, 1.165) is 21.6 Å². The number of hydrogen-bond acceptors (Lipinski definition) is 5. The fourth-order valence-corrected chi connectivity index (χ4v) is 3.63. The van der Waals surface area contributed by atoms with Gasteiger partial charge in [-0.2, -0.15) is 5.10 Å². The number of esters is 1. The van der Waals surface area contributed by atoms with Crippen LogP contribution in [0, 0.1) is 12.8 Å². The Morgan fingerprint density at radius 3 is 2.59 bits per heavy atom. The second kappa shape index (κ2) is 7.92. The first kappa shape index (κ1) is 19.1. The third-order valence-corrected chi connectivity index (χ3v) is 5.56. The fraction of sp³-hybridized carbons (Fsp3) is 0.350. The Hall–Kier alpha value is -2.67. The van der Waals surface area contributed by atoms with Crippen LogP contribution in [0.5, 0.6) is 0 Å². The van der Waals surface area contributed by atoms with Gasteiger partial charge in [-0.3, -0.25) is 4.79 Å². The van der Waals surface area contributed by atoms with Crippen molar-refractivity contribution in [3.05, 3.63) is 47.0 Å². The van der Waals surface area contributed by atoms with Crippen molar-refractivity contribution >= 4 is 33.4 Å². The SMILES string of the molecule is Cc1nn(-c2ccccc2)c2sc(C(=O)OCC(=O)N[C@@H](C)C(C)C)cc12. The van der Waals surface area contributed by atoms with Crippen LogP contribution in [-0.4, -0.2) is 34.3 Å². The maximum Gasteiger partial charge on any atom is 0.348 e. The molecule has 0 unspecified atom stereocenters. The molecule has 0 spiro atoms. The molecule has 0 aliphatic rings. The van der Waals surface area contributed by atoms with Crippen LogP contribution in [0.2, 0.25) is 0 Å². The van der Waals surface area contributed by atoms with Crippen molar-refractivity contribution in [1.82, 2.24) is 15.1 Å². The minimum absolute atomic E-state index is 0.0278. The van der Waals surface area contributed by atoms with Gasteiger partial charge in [0.2, 0.25) is 0 Å². The highest BCUT2D eigenvalue weighted by atomic mass is 32.1. The molecule has 27 heavy (non-hydrogen) atoms. The number of ether oxygens (including phenoxy) is 1. The first-order valence-electron chi connectivity index (χ1n) is 8.88. The number of aryl methyl sites for hydroxylation is 1. The molecule has 0 aliphatic carbocycles. The van der Waals surface area contributed by atoms with Crippen LogP contribution < -0.4 is 5.32 Å². The molecule has 3 aromatic rings. The number of benzene rings is 1. The average molecular weight is 385 g/mol. The van der Waals surface area contributed by atoms with E-state index in [9.17, 15) is 9.59 Å². The van der Waals surface area contributed by atoms with Gasteiger partial charge in [0.25, 0.3) is 5.91 Å². The number of nitrogens with zero attached hydrogens (tertiary/aromatic N) is 2. The molecule has 0 saturated heterocycles. The summed E-state index contributed by atoms with van der Waals surface area (Å²) < 4.78 is 7.01. The van der Waals surface area contributed by atoms with Crippen molar-refractivity contribution in [1.29, 1.82) is 0 Å². The van der Waals surface area contributed by atoms with E-state index in [1.807, 2.05) is 62.7 Å². The zero-order chi connectivity index (χ0) is 19.6. The van der Waals surface area contributed by atoms with Gasteiger partial charge in [0.15, 0.2) is 6.61 Å². The van der Waals surface area contributed by atoms with Gasteiger partial charge in [0.1, 0.15) is 9.71 Å². The number of hydrogen-bond donors (Lipinski definition) is 1. The molecule has 0 bridgehead atoms. The number of carbonyl (C=O) groups excluding carboxylic acids is 2. The molecular formula is C20H23N3O3S. The highest BCUT2D eigenvalue weighted by molar-refractivity contribution is 7.20. The smallest absolute Gasteiger partial charge is 0.348 e. The number of aromatic nitrogens is 2. The van der Waals surface area contributed by atoms with E-state index in [1.54, 1.807) is 6.07 Å². The highest BCUT2D eigenvalue weighted by Gasteiger charge is 2.19. The Kier molecular flexibility index (Phi) is 5.60. The van der Waals surface area contributed by atoms with Crippen LogP contribution in [0.4, 0.5) is 0 Å². The van der Waals surface area contributed by atoms with Gasteiger partial charge >= 0.3 is 5.97 Å². The van der Waals surface area contributed by atoms with Gasteiger partial charge in [-0.1, -0.05) is 32.0 Å². The predicted octanol–water partition coefficient (Wildman–Crippen LogP) is 3.71. The zero-order valence-corrected chi connectivity index (χ0v) is 16.7. The fourth-order valence-electron chi connectivity index (χ4n) is 2.56. The molecule has 1 amide bonds. The third kappa shape index (κ3) is 4.19. The summed E-state index contributed by atoms with van der Waals surface area (Å²) in [6, 6.07) is 11.6. The van der Waals surface area contributed by atoms with Crippen molar-refractivity contribution in [3.63, 3.8) is 0 Å². The molecule has 142 valence electrons. The summed E-state index contributed by atoms with van der Waals surface area (Å²) in [6.45, 7) is 7.59.